The van der Waals surface area contributed by atoms with Crippen molar-refractivity contribution < 1.29 is 4.92 Å². The molecule has 7 nitrogen and oxygen atoms in total. The lowest BCUT2D eigenvalue weighted by Crippen LogP contribution is -2.37. The molecule has 0 amide bonds. The van der Waals surface area contributed by atoms with E-state index < -0.39 is 4.92 Å². The number of aromatic nitrogens is 1. The van der Waals surface area contributed by atoms with E-state index in [-0.39, 0.29) is 5.69 Å². The number of nitrogens with zero attached hydrogens (tertiary/aromatic N) is 3. The van der Waals surface area contributed by atoms with E-state index in [0.29, 0.717) is 12.5 Å². The summed E-state index contributed by atoms with van der Waals surface area (Å²) in [5.74, 6) is 0.693. The van der Waals surface area contributed by atoms with Crippen LogP contribution in [0.2, 0.25) is 0 Å². The second-order valence-corrected chi connectivity index (χ2v) is 6.56. The van der Waals surface area contributed by atoms with Crippen molar-refractivity contribution in [1.29, 1.82) is 0 Å². The predicted octanol–water partition coefficient (Wildman–Crippen LogP) is 2.58. The van der Waals surface area contributed by atoms with Gasteiger partial charge in [0, 0.05) is 43.6 Å². The third-order valence-electron chi connectivity index (χ3n) is 3.53. The molecule has 0 aliphatic heterocycles. The van der Waals surface area contributed by atoms with Crippen LogP contribution in [-0.2, 0) is 13.0 Å². The lowest BCUT2D eigenvalue weighted by Gasteiger charge is -2.11. The summed E-state index contributed by atoms with van der Waals surface area (Å²) in [5.41, 5.74) is 2.14. The molecule has 0 saturated heterocycles. The fourth-order valence-corrected chi connectivity index (χ4v) is 3.01. The van der Waals surface area contributed by atoms with Crippen LogP contribution in [0.15, 0.2) is 29.3 Å². The first-order chi connectivity index (χ1) is 11.5. The van der Waals surface area contributed by atoms with Gasteiger partial charge in [0.05, 0.1) is 15.6 Å². The van der Waals surface area contributed by atoms with Crippen molar-refractivity contribution in [3.8, 4) is 0 Å². The Morgan fingerprint density at radius 3 is 2.54 bits per heavy atom. The molecule has 0 aliphatic rings. The second-order valence-electron chi connectivity index (χ2n) is 5.28. The van der Waals surface area contributed by atoms with E-state index >= 15 is 0 Å². The van der Waals surface area contributed by atoms with E-state index in [9.17, 15) is 10.1 Å². The number of nitro benzene ring substituents is 1. The summed E-state index contributed by atoms with van der Waals surface area (Å²) in [6.07, 6.45) is 0.845. The number of guanidine groups is 1. The molecule has 1 aromatic heterocycles. The third-order valence-corrected chi connectivity index (χ3v) is 4.67. The van der Waals surface area contributed by atoms with Crippen molar-refractivity contribution in [2.45, 2.75) is 26.8 Å². The summed E-state index contributed by atoms with van der Waals surface area (Å²) in [4.78, 5) is 20.2. The molecule has 128 valence electrons. The van der Waals surface area contributed by atoms with Crippen molar-refractivity contribution in [3.63, 3.8) is 0 Å². The quantitative estimate of drug-likeness (QED) is 0.363. The minimum Gasteiger partial charge on any atom is -0.356 e. The summed E-state index contributed by atoms with van der Waals surface area (Å²) < 4.78 is 0. The van der Waals surface area contributed by atoms with Crippen LogP contribution in [0.4, 0.5) is 5.69 Å². The smallest absolute Gasteiger partial charge is 0.269 e. The third kappa shape index (κ3) is 5.02. The molecule has 0 bridgehead atoms. The Morgan fingerprint density at radius 1 is 1.29 bits per heavy atom. The highest BCUT2D eigenvalue weighted by atomic mass is 32.1. The number of non-ortho nitro benzene ring substituents is 1. The molecule has 8 heteroatoms. The van der Waals surface area contributed by atoms with E-state index in [1.54, 1.807) is 30.5 Å². The summed E-state index contributed by atoms with van der Waals surface area (Å²) in [6, 6.07) is 6.47. The zero-order valence-corrected chi connectivity index (χ0v) is 14.8. The lowest BCUT2D eigenvalue weighted by atomic mass is 10.2. The molecule has 0 saturated carbocycles. The Morgan fingerprint density at radius 2 is 2.00 bits per heavy atom. The number of nitro groups is 1. The Kier molecular flexibility index (Phi) is 6.25. The van der Waals surface area contributed by atoms with Gasteiger partial charge in [-0.15, -0.1) is 11.3 Å². The van der Waals surface area contributed by atoms with E-state index in [4.69, 9.17) is 0 Å². The number of benzene rings is 1. The van der Waals surface area contributed by atoms with Crippen LogP contribution in [0.3, 0.4) is 0 Å². The van der Waals surface area contributed by atoms with Crippen LogP contribution in [0.25, 0.3) is 0 Å². The van der Waals surface area contributed by atoms with Gasteiger partial charge in [0.1, 0.15) is 0 Å². The molecular weight excluding hydrogens is 326 g/mol. The van der Waals surface area contributed by atoms with Crippen LogP contribution in [0.5, 0.6) is 0 Å². The Hall–Kier alpha value is -2.48. The zero-order valence-electron chi connectivity index (χ0n) is 14.0. The van der Waals surface area contributed by atoms with Crippen molar-refractivity contribution in [3.05, 3.63) is 55.5 Å². The molecule has 0 spiro atoms. The normalized spacial score (nSPS) is 11.4. The van der Waals surface area contributed by atoms with Crippen LogP contribution in [-0.4, -0.2) is 29.5 Å². The predicted molar refractivity (Wildman–Crippen MR) is 96.6 cm³/mol. The number of rotatable bonds is 6. The number of hydrogen-bond donors (Lipinski definition) is 2. The molecule has 0 fully saturated rings. The highest BCUT2D eigenvalue weighted by Crippen LogP contribution is 2.16. The highest BCUT2D eigenvalue weighted by Gasteiger charge is 2.06. The molecule has 0 radical (unpaired) electrons. The average molecular weight is 347 g/mol. The SMILES string of the molecule is CN=C(NCCc1nc(C)c(C)s1)NCc1ccc([N+](=O)[O-])cc1. The molecule has 0 aliphatic carbocycles. The van der Waals surface area contributed by atoms with Gasteiger partial charge in [-0.1, -0.05) is 12.1 Å². The first kappa shape index (κ1) is 17.9. The number of hydrogen-bond acceptors (Lipinski definition) is 5. The molecular formula is C16H21N5O2S. The van der Waals surface area contributed by atoms with Gasteiger partial charge in [0.2, 0.25) is 0 Å². The zero-order chi connectivity index (χ0) is 17.5. The number of aryl methyl sites for hydroxylation is 2. The van der Waals surface area contributed by atoms with Gasteiger partial charge in [-0.05, 0) is 19.4 Å². The Bertz CT molecular complexity index is 705. The molecule has 0 atom stereocenters. The van der Waals surface area contributed by atoms with E-state index in [2.05, 4.69) is 27.5 Å². The summed E-state index contributed by atoms with van der Waals surface area (Å²) in [7, 11) is 1.71. The van der Waals surface area contributed by atoms with Gasteiger partial charge in [0.25, 0.3) is 5.69 Å². The summed E-state index contributed by atoms with van der Waals surface area (Å²) >= 11 is 1.72. The minimum absolute atomic E-state index is 0.0929. The standard InChI is InChI=1S/C16H21N5O2S/c1-11-12(2)24-15(20-11)8-9-18-16(17-3)19-10-13-4-6-14(7-5-13)21(22)23/h4-7H,8-10H2,1-3H3,(H2,17,18,19). The fourth-order valence-electron chi connectivity index (χ4n) is 2.08. The Balaban J connectivity index is 1.78. The first-order valence-electron chi connectivity index (χ1n) is 7.60. The van der Waals surface area contributed by atoms with Crippen molar-refractivity contribution in [1.82, 2.24) is 15.6 Å². The number of nitrogens with one attached hydrogen (secondary N) is 2. The van der Waals surface area contributed by atoms with Gasteiger partial charge in [-0.2, -0.15) is 0 Å². The molecule has 2 aromatic rings. The lowest BCUT2D eigenvalue weighted by molar-refractivity contribution is -0.384. The van der Waals surface area contributed by atoms with Gasteiger partial charge in [0.15, 0.2) is 5.96 Å². The monoisotopic (exact) mass is 347 g/mol. The molecule has 2 rings (SSSR count). The van der Waals surface area contributed by atoms with Crippen LogP contribution >= 0.6 is 11.3 Å². The molecule has 0 unspecified atom stereocenters. The van der Waals surface area contributed by atoms with Crippen molar-refractivity contribution >= 4 is 23.0 Å². The summed E-state index contributed by atoms with van der Waals surface area (Å²) in [6.45, 7) is 5.39. The van der Waals surface area contributed by atoms with Gasteiger partial charge < -0.3 is 10.6 Å². The maximum absolute atomic E-state index is 10.6. The molecule has 1 heterocycles. The molecule has 2 N–H and O–H groups in total. The van der Waals surface area contributed by atoms with Gasteiger partial charge in [-0.25, -0.2) is 4.98 Å². The highest BCUT2D eigenvalue weighted by molar-refractivity contribution is 7.11. The topological polar surface area (TPSA) is 92.5 Å². The fraction of sp³-hybridized carbons (Fsp3) is 0.375. The van der Waals surface area contributed by atoms with Gasteiger partial charge in [-0.3, -0.25) is 15.1 Å². The van der Waals surface area contributed by atoms with E-state index in [1.807, 2.05) is 6.92 Å². The van der Waals surface area contributed by atoms with Crippen LogP contribution < -0.4 is 10.6 Å². The van der Waals surface area contributed by atoms with Gasteiger partial charge >= 0.3 is 0 Å². The molecule has 1 aromatic carbocycles. The molecule has 24 heavy (non-hydrogen) atoms. The minimum atomic E-state index is -0.403. The van der Waals surface area contributed by atoms with Crippen LogP contribution in [0, 0.1) is 24.0 Å². The summed E-state index contributed by atoms with van der Waals surface area (Å²) in [5, 5.41) is 18.2. The number of aliphatic imine (C=N–C) groups is 1. The maximum Gasteiger partial charge on any atom is 0.269 e. The largest absolute Gasteiger partial charge is 0.356 e. The second kappa shape index (κ2) is 8.39. The Labute approximate surface area is 145 Å². The average Bonchev–Trinajstić information content (AvgIpc) is 2.89. The maximum atomic E-state index is 10.6. The van der Waals surface area contributed by atoms with E-state index in [1.165, 1.54) is 17.0 Å². The van der Waals surface area contributed by atoms with Crippen molar-refractivity contribution in [2.75, 3.05) is 13.6 Å². The van der Waals surface area contributed by atoms with Crippen LogP contribution in [0.1, 0.15) is 21.1 Å². The number of thiazole rings is 1. The van der Waals surface area contributed by atoms with Crippen molar-refractivity contribution in [2.24, 2.45) is 4.99 Å². The van der Waals surface area contributed by atoms with E-state index in [0.717, 1.165) is 29.2 Å². The first-order valence-corrected chi connectivity index (χ1v) is 8.42.